The van der Waals surface area contributed by atoms with E-state index in [4.69, 9.17) is 17.3 Å². The summed E-state index contributed by atoms with van der Waals surface area (Å²) < 4.78 is 1.09. The standard InChI is InChI=1S/C17H26BrClN2/c1-3-12-4-7-14(8-5-12)21(2)17(11-20)15-10-13(19)6-9-16(15)18/h6,9-10,12,14,17H,3-5,7-8,11,20H2,1-2H3. The maximum absolute atomic E-state index is 6.17. The van der Waals surface area contributed by atoms with E-state index in [1.807, 2.05) is 18.2 Å². The number of nitrogens with two attached hydrogens (primary N) is 1. The Morgan fingerprint density at radius 1 is 1.33 bits per heavy atom. The molecule has 2 nitrogen and oxygen atoms in total. The first-order valence-corrected chi connectivity index (χ1v) is 9.10. The van der Waals surface area contributed by atoms with Gasteiger partial charge in [-0.05, 0) is 62.4 Å². The van der Waals surface area contributed by atoms with E-state index in [0.29, 0.717) is 12.6 Å². The van der Waals surface area contributed by atoms with Crippen LogP contribution >= 0.6 is 27.5 Å². The van der Waals surface area contributed by atoms with E-state index in [9.17, 15) is 0 Å². The Morgan fingerprint density at radius 2 is 2.00 bits per heavy atom. The molecule has 0 amide bonds. The lowest BCUT2D eigenvalue weighted by atomic mass is 9.83. The quantitative estimate of drug-likeness (QED) is 0.786. The van der Waals surface area contributed by atoms with Crippen LogP contribution in [0.3, 0.4) is 0 Å². The van der Waals surface area contributed by atoms with Gasteiger partial charge < -0.3 is 5.73 Å². The smallest absolute Gasteiger partial charge is 0.0482 e. The number of hydrogen-bond donors (Lipinski definition) is 1. The molecule has 21 heavy (non-hydrogen) atoms. The summed E-state index contributed by atoms with van der Waals surface area (Å²) in [5.74, 6) is 0.920. The summed E-state index contributed by atoms with van der Waals surface area (Å²) in [6.07, 6.45) is 6.57. The fourth-order valence-electron chi connectivity index (χ4n) is 3.50. The molecule has 1 fully saturated rings. The predicted octanol–water partition coefficient (Wildman–Crippen LogP) is 5.00. The number of rotatable bonds is 5. The fourth-order valence-corrected chi connectivity index (χ4v) is 4.19. The second kappa shape index (κ2) is 7.96. The van der Waals surface area contributed by atoms with Crippen molar-refractivity contribution in [2.24, 2.45) is 11.7 Å². The van der Waals surface area contributed by atoms with Crippen LogP contribution in [0.1, 0.15) is 50.6 Å². The molecular weight excluding hydrogens is 348 g/mol. The van der Waals surface area contributed by atoms with Gasteiger partial charge in [0.2, 0.25) is 0 Å². The summed E-state index contributed by atoms with van der Waals surface area (Å²) in [6.45, 7) is 2.92. The van der Waals surface area contributed by atoms with Gasteiger partial charge in [-0.2, -0.15) is 0 Å². The molecule has 4 heteroatoms. The Hall–Kier alpha value is -0.0900. The Kier molecular flexibility index (Phi) is 6.54. The predicted molar refractivity (Wildman–Crippen MR) is 94.7 cm³/mol. The normalized spacial score (nSPS) is 24.3. The SMILES string of the molecule is CCC1CCC(N(C)C(CN)c2cc(Cl)ccc2Br)CC1. The van der Waals surface area contributed by atoms with Crippen molar-refractivity contribution in [1.82, 2.24) is 4.90 Å². The molecule has 0 aliphatic heterocycles. The summed E-state index contributed by atoms with van der Waals surface area (Å²) in [7, 11) is 2.21. The third kappa shape index (κ3) is 4.22. The number of hydrogen-bond acceptors (Lipinski definition) is 2. The molecule has 0 radical (unpaired) electrons. The second-order valence-corrected chi connectivity index (χ2v) is 7.46. The zero-order valence-corrected chi connectivity index (χ0v) is 15.3. The van der Waals surface area contributed by atoms with Gasteiger partial charge in [0.1, 0.15) is 0 Å². The van der Waals surface area contributed by atoms with E-state index in [2.05, 4.69) is 34.8 Å². The van der Waals surface area contributed by atoms with Gasteiger partial charge >= 0.3 is 0 Å². The minimum Gasteiger partial charge on any atom is -0.329 e. The molecule has 118 valence electrons. The first-order valence-electron chi connectivity index (χ1n) is 7.93. The summed E-state index contributed by atoms with van der Waals surface area (Å²) in [4.78, 5) is 2.46. The molecule has 0 heterocycles. The van der Waals surface area contributed by atoms with Crippen LogP contribution in [0.2, 0.25) is 5.02 Å². The molecular formula is C17H26BrClN2. The van der Waals surface area contributed by atoms with Crippen molar-refractivity contribution in [1.29, 1.82) is 0 Å². The van der Waals surface area contributed by atoms with Gasteiger partial charge in [0.05, 0.1) is 0 Å². The molecule has 0 spiro atoms. The van der Waals surface area contributed by atoms with Gasteiger partial charge in [0.25, 0.3) is 0 Å². The van der Waals surface area contributed by atoms with Crippen LogP contribution < -0.4 is 5.73 Å². The third-order valence-corrected chi connectivity index (χ3v) is 5.96. The molecule has 0 bridgehead atoms. The molecule has 1 aromatic rings. The number of halogens is 2. The fraction of sp³-hybridized carbons (Fsp3) is 0.647. The van der Waals surface area contributed by atoms with Gasteiger partial charge in [-0.15, -0.1) is 0 Å². The second-order valence-electron chi connectivity index (χ2n) is 6.17. The topological polar surface area (TPSA) is 29.3 Å². The largest absolute Gasteiger partial charge is 0.329 e. The zero-order valence-electron chi connectivity index (χ0n) is 13.0. The van der Waals surface area contributed by atoms with Gasteiger partial charge in [0.15, 0.2) is 0 Å². The van der Waals surface area contributed by atoms with Crippen LogP contribution in [0.5, 0.6) is 0 Å². The van der Waals surface area contributed by atoms with Crippen molar-refractivity contribution in [3.05, 3.63) is 33.3 Å². The van der Waals surface area contributed by atoms with Gasteiger partial charge in [-0.1, -0.05) is 40.9 Å². The van der Waals surface area contributed by atoms with Crippen molar-refractivity contribution >= 4 is 27.5 Å². The number of nitrogens with zero attached hydrogens (tertiary/aromatic N) is 1. The van der Waals surface area contributed by atoms with Crippen molar-refractivity contribution in [2.45, 2.75) is 51.1 Å². The average molecular weight is 374 g/mol. The van der Waals surface area contributed by atoms with Crippen LogP contribution in [-0.4, -0.2) is 24.5 Å². The van der Waals surface area contributed by atoms with Crippen molar-refractivity contribution in [3.8, 4) is 0 Å². The van der Waals surface area contributed by atoms with E-state index in [-0.39, 0.29) is 6.04 Å². The van der Waals surface area contributed by atoms with Crippen LogP contribution in [0, 0.1) is 5.92 Å². The minimum atomic E-state index is 0.223. The lowest BCUT2D eigenvalue weighted by Crippen LogP contribution is -2.40. The number of likely N-dealkylation sites (N-methyl/N-ethyl adjacent to an activating group) is 1. The lowest BCUT2D eigenvalue weighted by Gasteiger charge is -2.39. The molecule has 1 unspecified atom stereocenters. The Bertz CT molecular complexity index is 458. The molecule has 2 rings (SSSR count). The molecule has 1 aromatic carbocycles. The van der Waals surface area contributed by atoms with Gasteiger partial charge in [0, 0.05) is 28.1 Å². The van der Waals surface area contributed by atoms with Crippen LogP contribution in [0.25, 0.3) is 0 Å². The van der Waals surface area contributed by atoms with E-state index in [1.54, 1.807) is 0 Å². The highest BCUT2D eigenvalue weighted by molar-refractivity contribution is 9.10. The van der Waals surface area contributed by atoms with Gasteiger partial charge in [-0.3, -0.25) is 4.90 Å². The lowest BCUT2D eigenvalue weighted by molar-refractivity contribution is 0.121. The first-order chi connectivity index (χ1) is 10.1. The Balaban J connectivity index is 2.11. The zero-order chi connectivity index (χ0) is 15.4. The third-order valence-electron chi connectivity index (χ3n) is 5.00. The molecule has 1 atom stereocenters. The molecule has 0 aromatic heterocycles. The van der Waals surface area contributed by atoms with Gasteiger partial charge in [-0.25, -0.2) is 0 Å². The molecule has 1 aliphatic carbocycles. The molecule has 0 saturated heterocycles. The van der Waals surface area contributed by atoms with E-state index in [1.165, 1.54) is 37.7 Å². The summed E-state index contributed by atoms with van der Waals surface area (Å²) in [5.41, 5.74) is 7.28. The average Bonchev–Trinajstić information content (AvgIpc) is 2.51. The highest BCUT2D eigenvalue weighted by Crippen LogP contribution is 2.35. The minimum absolute atomic E-state index is 0.223. The highest BCUT2D eigenvalue weighted by atomic mass is 79.9. The Labute approximate surface area is 142 Å². The summed E-state index contributed by atoms with van der Waals surface area (Å²) in [5, 5.41) is 0.773. The van der Waals surface area contributed by atoms with Crippen molar-refractivity contribution in [2.75, 3.05) is 13.6 Å². The number of benzene rings is 1. The summed E-state index contributed by atoms with van der Waals surface area (Å²) >= 11 is 9.81. The monoisotopic (exact) mass is 372 g/mol. The first kappa shape index (κ1) is 17.3. The Morgan fingerprint density at radius 3 is 2.57 bits per heavy atom. The van der Waals surface area contributed by atoms with Crippen LogP contribution in [0.4, 0.5) is 0 Å². The van der Waals surface area contributed by atoms with Crippen LogP contribution in [0.15, 0.2) is 22.7 Å². The van der Waals surface area contributed by atoms with E-state index < -0.39 is 0 Å². The molecule has 1 saturated carbocycles. The van der Waals surface area contributed by atoms with Crippen molar-refractivity contribution < 1.29 is 0 Å². The van der Waals surface area contributed by atoms with Crippen LogP contribution in [-0.2, 0) is 0 Å². The summed E-state index contributed by atoms with van der Waals surface area (Å²) in [6, 6.07) is 6.82. The highest BCUT2D eigenvalue weighted by Gasteiger charge is 2.28. The van der Waals surface area contributed by atoms with E-state index in [0.717, 1.165) is 15.4 Å². The van der Waals surface area contributed by atoms with E-state index >= 15 is 0 Å². The maximum atomic E-state index is 6.17. The van der Waals surface area contributed by atoms with Crippen molar-refractivity contribution in [3.63, 3.8) is 0 Å². The molecule has 1 aliphatic rings. The molecule has 2 N–H and O–H groups in total. The maximum Gasteiger partial charge on any atom is 0.0482 e.